The second-order valence-corrected chi connectivity index (χ2v) is 3.62. The summed E-state index contributed by atoms with van der Waals surface area (Å²) in [6, 6.07) is 0. The number of rotatable bonds is 2. The first-order chi connectivity index (χ1) is 4.88. The predicted molar refractivity (Wildman–Crippen MR) is 47.2 cm³/mol. The lowest BCUT2D eigenvalue weighted by Crippen LogP contribution is -2.33. The molecule has 0 amide bonds. The molecular formula is C8H18N2O. The summed E-state index contributed by atoms with van der Waals surface area (Å²) in [5, 5.41) is 12.2. The molecule has 3 heteroatoms. The molecule has 0 bridgehead atoms. The Bertz CT molecular complexity index is 147. The number of hydrogen-bond acceptors (Lipinski definition) is 3. The predicted octanol–water partition coefficient (Wildman–Crippen LogP) is 0.979. The van der Waals surface area contributed by atoms with E-state index in [1.54, 1.807) is 13.1 Å². The zero-order chi connectivity index (χ0) is 9.07. The van der Waals surface area contributed by atoms with Gasteiger partial charge < -0.3 is 16.2 Å². The van der Waals surface area contributed by atoms with E-state index in [0.717, 1.165) is 0 Å². The smallest absolute Gasteiger partial charge is 0.0964 e. The van der Waals surface area contributed by atoms with Crippen molar-refractivity contribution in [3.63, 3.8) is 0 Å². The highest BCUT2D eigenvalue weighted by atomic mass is 16.3. The second-order valence-electron chi connectivity index (χ2n) is 3.62. The Morgan fingerprint density at radius 1 is 1.55 bits per heavy atom. The van der Waals surface area contributed by atoms with Crippen molar-refractivity contribution in [3.05, 3.63) is 11.8 Å². The lowest BCUT2D eigenvalue weighted by Gasteiger charge is -2.18. The van der Waals surface area contributed by atoms with Crippen LogP contribution in [0.3, 0.4) is 0 Å². The molecule has 0 saturated carbocycles. The summed E-state index contributed by atoms with van der Waals surface area (Å²) < 4.78 is 0. The number of likely N-dealkylation sites (N-methyl/N-ethyl adjacent to an activating group) is 1. The van der Waals surface area contributed by atoms with Gasteiger partial charge in [-0.1, -0.05) is 20.8 Å². The van der Waals surface area contributed by atoms with Gasteiger partial charge in [0.05, 0.1) is 11.9 Å². The van der Waals surface area contributed by atoms with Crippen LogP contribution in [-0.2, 0) is 0 Å². The normalized spacial score (nSPS) is 16.6. The summed E-state index contributed by atoms with van der Waals surface area (Å²) in [4.78, 5) is 0. The van der Waals surface area contributed by atoms with Crippen molar-refractivity contribution in [2.45, 2.75) is 26.9 Å². The molecule has 11 heavy (non-hydrogen) atoms. The Hall–Kier alpha value is -0.540. The van der Waals surface area contributed by atoms with E-state index in [1.807, 2.05) is 20.8 Å². The first-order valence-electron chi connectivity index (χ1n) is 3.72. The molecule has 4 N–H and O–H groups in total. The Morgan fingerprint density at radius 3 is 2.27 bits per heavy atom. The summed E-state index contributed by atoms with van der Waals surface area (Å²) >= 11 is 0. The number of aliphatic hydroxyl groups excluding tert-OH is 1. The van der Waals surface area contributed by atoms with Gasteiger partial charge in [0.25, 0.3) is 0 Å². The number of allylic oxidation sites excluding steroid dienone is 1. The Balaban J connectivity index is 4.22. The SMILES string of the molecule is CNC(N)/C=C(\O)C(C)(C)C. The molecule has 3 nitrogen and oxygen atoms in total. The topological polar surface area (TPSA) is 58.3 Å². The minimum Gasteiger partial charge on any atom is -0.512 e. The second kappa shape index (κ2) is 3.74. The van der Waals surface area contributed by atoms with Gasteiger partial charge in [-0.3, -0.25) is 0 Å². The summed E-state index contributed by atoms with van der Waals surface area (Å²) in [7, 11) is 1.75. The van der Waals surface area contributed by atoms with Crippen LogP contribution in [0, 0.1) is 5.41 Å². The minimum atomic E-state index is -0.269. The van der Waals surface area contributed by atoms with Crippen molar-refractivity contribution in [2.24, 2.45) is 11.1 Å². The number of hydrogen-bond donors (Lipinski definition) is 3. The summed E-state index contributed by atoms with van der Waals surface area (Å²) in [6.45, 7) is 5.80. The number of aliphatic hydroxyl groups is 1. The highest BCUT2D eigenvalue weighted by Gasteiger charge is 2.16. The van der Waals surface area contributed by atoms with Crippen LogP contribution < -0.4 is 11.1 Å². The highest BCUT2D eigenvalue weighted by molar-refractivity contribution is 5.04. The van der Waals surface area contributed by atoms with E-state index >= 15 is 0 Å². The van der Waals surface area contributed by atoms with Gasteiger partial charge in [0.1, 0.15) is 0 Å². The van der Waals surface area contributed by atoms with Gasteiger partial charge in [-0.05, 0) is 13.1 Å². The van der Waals surface area contributed by atoms with Crippen LogP contribution in [0.5, 0.6) is 0 Å². The van der Waals surface area contributed by atoms with Crippen LogP contribution in [0.15, 0.2) is 11.8 Å². The molecule has 0 aliphatic heterocycles. The third kappa shape index (κ3) is 4.01. The molecule has 0 radical (unpaired) electrons. The summed E-state index contributed by atoms with van der Waals surface area (Å²) in [6.07, 6.45) is 1.34. The fourth-order valence-corrected chi connectivity index (χ4v) is 0.503. The fraction of sp³-hybridized carbons (Fsp3) is 0.750. The molecule has 0 aromatic heterocycles. The third-order valence-corrected chi connectivity index (χ3v) is 1.44. The highest BCUT2D eigenvalue weighted by Crippen LogP contribution is 2.22. The van der Waals surface area contributed by atoms with Gasteiger partial charge in [0.15, 0.2) is 0 Å². The molecule has 1 atom stereocenters. The van der Waals surface area contributed by atoms with Gasteiger partial charge in [-0.2, -0.15) is 0 Å². The maximum atomic E-state index is 9.43. The third-order valence-electron chi connectivity index (χ3n) is 1.44. The quantitative estimate of drug-likeness (QED) is 0.415. The maximum Gasteiger partial charge on any atom is 0.0964 e. The van der Waals surface area contributed by atoms with Crippen molar-refractivity contribution in [2.75, 3.05) is 7.05 Å². The fourth-order valence-electron chi connectivity index (χ4n) is 0.503. The summed E-state index contributed by atoms with van der Waals surface area (Å²) in [5.41, 5.74) is 5.31. The summed E-state index contributed by atoms with van der Waals surface area (Å²) in [5.74, 6) is 0.319. The van der Waals surface area contributed by atoms with E-state index in [1.165, 1.54) is 0 Å². The standard InChI is InChI=1S/C8H18N2O/c1-8(2,3)6(11)5-7(9)10-4/h5,7,10-11H,9H2,1-4H3/b6-5-. The van der Waals surface area contributed by atoms with E-state index < -0.39 is 0 Å². The first-order valence-corrected chi connectivity index (χ1v) is 3.72. The number of nitrogens with one attached hydrogen (secondary N) is 1. The van der Waals surface area contributed by atoms with Crippen molar-refractivity contribution >= 4 is 0 Å². The zero-order valence-corrected chi connectivity index (χ0v) is 7.68. The molecule has 0 spiro atoms. The van der Waals surface area contributed by atoms with Gasteiger partial charge in [-0.15, -0.1) is 0 Å². The molecule has 0 rings (SSSR count). The van der Waals surface area contributed by atoms with Crippen LogP contribution >= 0.6 is 0 Å². The molecule has 0 aliphatic rings. The van der Waals surface area contributed by atoms with E-state index in [4.69, 9.17) is 5.73 Å². The van der Waals surface area contributed by atoms with E-state index in [0.29, 0.717) is 5.76 Å². The molecule has 1 unspecified atom stereocenters. The minimum absolute atomic E-state index is 0.214. The largest absolute Gasteiger partial charge is 0.512 e. The molecule has 0 saturated heterocycles. The average molecular weight is 158 g/mol. The van der Waals surface area contributed by atoms with Gasteiger partial charge in [0.2, 0.25) is 0 Å². The molecule has 0 aromatic carbocycles. The van der Waals surface area contributed by atoms with Gasteiger partial charge in [-0.25, -0.2) is 0 Å². The van der Waals surface area contributed by atoms with E-state index in [9.17, 15) is 5.11 Å². The van der Waals surface area contributed by atoms with Crippen molar-refractivity contribution in [3.8, 4) is 0 Å². The first kappa shape index (κ1) is 10.5. The number of nitrogens with two attached hydrogens (primary N) is 1. The van der Waals surface area contributed by atoms with Crippen LogP contribution in [-0.4, -0.2) is 18.3 Å². The molecule has 0 aliphatic carbocycles. The van der Waals surface area contributed by atoms with Crippen molar-refractivity contribution in [1.82, 2.24) is 5.32 Å². The molecule has 66 valence electrons. The van der Waals surface area contributed by atoms with Gasteiger partial charge in [0, 0.05) is 5.41 Å². The van der Waals surface area contributed by atoms with Gasteiger partial charge >= 0.3 is 0 Å². The zero-order valence-electron chi connectivity index (χ0n) is 7.68. The maximum absolute atomic E-state index is 9.43. The average Bonchev–Trinajstić information content (AvgIpc) is 1.85. The molecular weight excluding hydrogens is 140 g/mol. The molecule has 0 aromatic rings. The van der Waals surface area contributed by atoms with E-state index in [2.05, 4.69) is 5.32 Å². The monoisotopic (exact) mass is 158 g/mol. The van der Waals surface area contributed by atoms with Crippen LogP contribution in [0.4, 0.5) is 0 Å². The lowest BCUT2D eigenvalue weighted by atomic mass is 9.93. The van der Waals surface area contributed by atoms with E-state index in [-0.39, 0.29) is 11.6 Å². The van der Waals surface area contributed by atoms with Crippen LogP contribution in [0.2, 0.25) is 0 Å². The van der Waals surface area contributed by atoms with Crippen molar-refractivity contribution in [1.29, 1.82) is 0 Å². The van der Waals surface area contributed by atoms with Crippen LogP contribution in [0.1, 0.15) is 20.8 Å². The lowest BCUT2D eigenvalue weighted by molar-refractivity contribution is 0.273. The van der Waals surface area contributed by atoms with Crippen molar-refractivity contribution < 1.29 is 5.11 Å². The molecule has 0 heterocycles. The Labute approximate surface area is 68.3 Å². The molecule has 0 fully saturated rings. The van der Waals surface area contributed by atoms with Crippen LogP contribution in [0.25, 0.3) is 0 Å². The Kier molecular flexibility index (Phi) is 3.55. The Morgan fingerprint density at radius 2 is 2.00 bits per heavy atom.